The topological polar surface area (TPSA) is 104 Å². The van der Waals surface area contributed by atoms with E-state index in [4.69, 9.17) is 14.6 Å². The van der Waals surface area contributed by atoms with E-state index in [1.54, 1.807) is 71.2 Å². The molecule has 0 radical (unpaired) electrons. The number of phenolic OH excluding ortho intramolecular Hbond substituents is 1. The van der Waals surface area contributed by atoms with E-state index in [-0.39, 0.29) is 18.1 Å². The molecule has 0 amide bonds. The van der Waals surface area contributed by atoms with Crippen LogP contribution in [-0.2, 0) is 13.2 Å². The van der Waals surface area contributed by atoms with Crippen LogP contribution in [0.25, 0.3) is 23.0 Å². The summed E-state index contributed by atoms with van der Waals surface area (Å²) in [7, 11) is 1.58. The van der Waals surface area contributed by atoms with Crippen LogP contribution in [0.4, 0.5) is 0 Å². The molecule has 0 saturated carbocycles. The van der Waals surface area contributed by atoms with Gasteiger partial charge in [-0.2, -0.15) is 5.10 Å². The zero-order chi connectivity index (χ0) is 30.3. The molecule has 44 heavy (non-hydrogen) atoms. The fourth-order valence-electron chi connectivity index (χ4n) is 4.69. The lowest BCUT2D eigenvalue weighted by Crippen LogP contribution is -2.09. The molecule has 0 unspecified atom stereocenters. The fraction of sp³-hybridized carbons (Fsp3) is 0.0857. The Hall–Kier alpha value is -5.96. The van der Waals surface area contributed by atoms with E-state index >= 15 is 0 Å². The van der Waals surface area contributed by atoms with Crippen molar-refractivity contribution in [2.24, 2.45) is 0 Å². The maximum Gasteiger partial charge on any atom is 0.185 e. The average molecular weight is 584 g/mol. The molecule has 0 aliphatic rings. The van der Waals surface area contributed by atoms with Crippen molar-refractivity contribution >= 4 is 11.9 Å². The van der Waals surface area contributed by atoms with E-state index in [9.17, 15) is 9.90 Å². The molecule has 218 valence electrons. The Morgan fingerprint density at radius 2 is 1.64 bits per heavy atom. The molecule has 0 spiro atoms. The van der Waals surface area contributed by atoms with Gasteiger partial charge in [-0.1, -0.05) is 53.7 Å². The number of rotatable bonds is 11. The summed E-state index contributed by atoms with van der Waals surface area (Å²) < 4.78 is 14.7. The first-order valence-electron chi connectivity index (χ1n) is 14.0. The standard InChI is InChI=1S/C35H29N5O4/c1-43-30-15-12-26(13-16-30)33(41)19-14-27-23-39(28-10-6-3-7-11-28)37-35(27)32-18-17-31(20-34(32)42)44-24-29-21-36-38-40(29)22-25-8-4-2-5-9-25/h2-21,23,42H,22,24H2,1H3. The van der Waals surface area contributed by atoms with Gasteiger partial charge in [0.2, 0.25) is 0 Å². The summed E-state index contributed by atoms with van der Waals surface area (Å²) in [5.41, 5.74) is 4.95. The molecule has 4 aromatic carbocycles. The van der Waals surface area contributed by atoms with Crippen molar-refractivity contribution in [3.8, 4) is 34.2 Å². The molecular weight excluding hydrogens is 554 g/mol. The lowest BCUT2D eigenvalue weighted by atomic mass is 10.0. The monoisotopic (exact) mass is 583 g/mol. The van der Waals surface area contributed by atoms with E-state index in [2.05, 4.69) is 10.3 Å². The number of carbonyl (C=O) groups excluding carboxylic acids is 1. The van der Waals surface area contributed by atoms with Crippen molar-refractivity contribution in [2.45, 2.75) is 13.2 Å². The molecular formula is C35H29N5O4. The molecule has 0 aliphatic carbocycles. The summed E-state index contributed by atoms with van der Waals surface area (Å²) >= 11 is 0. The highest BCUT2D eigenvalue weighted by Gasteiger charge is 2.16. The van der Waals surface area contributed by atoms with Crippen molar-refractivity contribution < 1.29 is 19.4 Å². The Morgan fingerprint density at radius 3 is 2.36 bits per heavy atom. The molecule has 2 heterocycles. The third-order valence-corrected chi connectivity index (χ3v) is 7.04. The van der Waals surface area contributed by atoms with Crippen molar-refractivity contribution in [1.82, 2.24) is 24.8 Å². The number of nitrogens with zero attached hydrogens (tertiary/aromatic N) is 5. The largest absolute Gasteiger partial charge is 0.507 e. The number of para-hydroxylation sites is 1. The summed E-state index contributed by atoms with van der Waals surface area (Å²) in [5.74, 6) is 0.982. The summed E-state index contributed by atoms with van der Waals surface area (Å²) in [5, 5.41) is 24.1. The number of carbonyl (C=O) groups is 1. The quantitative estimate of drug-likeness (QED) is 0.140. The Balaban J connectivity index is 1.24. The van der Waals surface area contributed by atoms with Gasteiger partial charge in [0.25, 0.3) is 0 Å². The van der Waals surface area contributed by atoms with Crippen LogP contribution in [0.15, 0.2) is 122 Å². The smallest absolute Gasteiger partial charge is 0.185 e. The van der Waals surface area contributed by atoms with Gasteiger partial charge in [-0.15, -0.1) is 5.10 Å². The summed E-state index contributed by atoms with van der Waals surface area (Å²) in [6.07, 6.45) is 6.70. The van der Waals surface area contributed by atoms with E-state index < -0.39 is 0 Å². The van der Waals surface area contributed by atoms with Gasteiger partial charge in [0.05, 0.1) is 31.2 Å². The van der Waals surface area contributed by atoms with Crippen LogP contribution in [0.5, 0.6) is 17.2 Å². The van der Waals surface area contributed by atoms with Crippen LogP contribution >= 0.6 is 0 Å². The minimum absolute atomic E-state index is 0.00661. The average Bonchev–Trinajstić information content (AvgIpc) is 3.70. The van der Waals surface area contributed by atoms with Gasteiger partial charge in [0.15, 0.2) is 5.78 Å². The van der Waals surface area contributed by atoms with Gasteiger partial charge in [-0.25, -0.2) is 9.36 Å². The van der Waals surface area contributed by atoms with Crippen LogP contribution in [0.1, 0.15) is 27.2 Å². The van der Waals surface area contributed by atoms with Crippen LogP contribution in [0.3, 0.4) is 0 Å². The first-order valence-corrected chi connectivity index (χ1v) is 14.0. The molecule has 0 fully saturated rings. The summed E-state index contributed by atoms with van der Waals surface area (Å²) in [4.78, 5) is 12.9. The molecule has 9 heteroatoms. The SMILES string of the molecule is COc1ccc(C(=O)C=Cc2cn(-c3ccccc3)nc2-c2ccc(OCc3cnnn3Cc3ccccc3)cc2O)cc1. The minimum atomic E-state index is -0.167. The number of hydrogen-bond acceptors (Lipinski definition) is 7. The van der Waals surface area contributed by atoms with Crippen molar-refractivity contribution in [3.05, 3.63) is 144 Å². The zero-order valence-corrected chi connectivity index (χ0v) is 23.9. The van der Waals surface area contributed by atoms with Crippen molar-refractivity contribution in [3.63, 3.8) is 0 Å². The summed E-state index contributed by atoms with van der Waals surface area (Å²) in [6, 6.07) is 31.6. The Labute approximate surface area is 254 Å². The highest BCUT2D eigenvalue weighted by Crippen LogP contribution is 2.35. The highest BCUT2D eigenvalue weighted by molar-refractivity contribution is 6.07. The second-order valence-electron chi connectivity index (χ2n) is 9.98. The predicted molar refractivity (Wildman–Crippen MR) is 167 cm³/mol. The van der Waals surface area contributed by atoms with E-state index in [1.165, 1.54) is 6.08 Å². The van der Waals surface area contributed by atoms with E-state index in [0.717, 1.165) is 16.9 Å². The minimum Gasteiger partial charge on any atom is -0.507 e. The number of aromatic hydroxyl groups is 1. The van der Waals surface area contributed by atoms with Gasteiger partial charge in [0, 0.05) is 29.0 Å². The maximum absolute atomic E-state index is 12.9. The molecule has 0 atom stereocenters. The van der Waals surface area contributed by atoms with Gasteiger partial charge < -0.3 is 14.6 Å². The Kier molecular flexibility index (Phi) is 8.27. The van der Waals surface area contributed by atoms with E-state index in [1.807, 2.05) is 66.9 Å². The zero-order valence-electron chi connectivity index (χ0n) is 23.9. The van der Waals surface area contributed by atoms with E-state index in [0.29, 0.717) is 40.4 Å². The first kappa shape index (κ1) is 28.2. The van der Waals surface area contributed by atoms with Crippen LogP contribution < -0.4 is 9.47 Å². The van der Waals surface area contributed by atoms with Gasteiger partial charge in [-0.05, 0) is 66.2 Å². The molecule has 6 aromatic rings. The lowest BCUT2D eigenvalue weighted by Gasteiger charge is -2.10. The van der Waals surface area contributed by atoms with Gasteiger partial charge >= 0.3 is 0 Å². The first-order chi connectivity index (χ1) is 21.6. The van der Waals surface area contributed by atoms with Crippen LogP contribution in [0, 0.1) is 0 Å². The van der Waals surface area contributed by atoms with Gasteiger partial charge in [-0.3, -0.25) is 4.79 Å². The number of aromatic nitrogens is 5. The molecule has 2 aromatic heterocycles. The number of phenols is 1. The molecule has 9 nitrogen and oxygen atoms in total. The fourth-order valence-corrected chi connectivity index (χ4v) is 4.69. The molecule has 1 N–H and O–H groups in total. The third kappa shape index (κ3) is 6.42. The van der Waals surface area contributed by atoms with Crippen molar-refractivity contribution in [2.75, 3.05) is 7.11 Å². The number of hydrogen-bond donors (Lipinski definition) is 1. The van der Waals surface area contributed by atoms with Crippen molar-refractivity contribution in [1.29, 1.82) is 0 Å². The molecule has 6 rings (SSSR count). The number of ketones is 1. The second-order valence-corrected chi connectivity index (χ2v) is 9.98. The molecule has 0 aliphatic heterocycles. The number of allylic oxidation sites excluding steroid dienone is 1. The summed E-state index contributed by atoms with van der Waals surface area (Å²) in [6.45, 7) is 0.799. The number of methoxy groups -OCH3 is 1. The maximum atomic E-state index is 12.9. The molecule has 0 saturated heterocycles. The predicted octanol–water partition coefficient (Wildman–Crippen LogP) is 6.37. The van der Waals surface area contributed by atoms with Crippen LogP contribution in [-0.4, -0.2) is 42.8 Å². The lowest BCUT2D eigenvalue weighted by molar-refractivity contribution is 0.104. The molecule has 0 bridgehead atoms. The normalized spacial score (nSPS) is 11.1. The second kappa shape index (κ2) is 12.9. The number of ether oxygens (including phenoxy) is 2. The van der Waals surface area contributed by atoms with Gasteiger partial charge in [0.1, 0.15) is 29.5 Å². The Bertz CT molecular complexity index is 1900. The highest BCUT2D eigenvalue weighted by atomic mass is 16.5. The number of benzene rings is 4. The third-order valence-electron chi connectivity index (χ3n) is 7.04. The van der Waals surface area contributed by atoms with Crippen LogP contribution in [0.2, 0.25) is 0 Å². The Morgan fingerprint density at radius 1 is 0.909 bits per heavy atom.